The summed E-state index contributed by atoms with van der Waals surface area (Å²) in [6.07, 6.45) is 2.34. The molecule has 1 aliphatic rings. The van der Waals surface area contributed by atoms with E-state index < -0.39 is 6.09 Å². The average Bonchev–Trinajstić information content (AvgIpc) is 2.78. The van der Waals surface area contributed by atoms with Crippen molar-refractivity contribution in [3.05, 3.63) is 23.8 Å². The summed E-state index contributed by atoms with van der Waals surface area (Å²) in [7, 11) is 0. The van der Waals surface area contributed by atoms with Crippen LogP contribution in [0.25, 0.3) is 0 Å². The summed E-state index contributed by atoms with van der Waals surface area (Å²) in [5.74, 6) is 0.869. The number of hydrogen-bond donors (Lipinski definition) is 1. The average molecular weight is 242 g/mol. The Morgan fingerprint density at radius 1 is 1.69 bits per heavy atom. The van der Waals surface area contributed by atoms with Crippen LogP contribution in [0.5, 0.6) is 0 Å². The predicted octanol–water partition coefficient (Wildman–Crippen LogP) is 2.03. The fourth-order valence-electron chi connectivity index (χ4n) is 1.91. The number of hydrogen-bond acceptors (Lipinski definition) is 3. The molecule has 16 heavy (non-hydrogen) atoms. The molecule has 2 rings (SSSR count). The van der Waals surface area contributed by atoms with E-state index in [9.17, 15) is 4.79 Å². The van der Waals surface area contributed by atoms with Gasteiger partial charge in [0.05, 0.1) is 17.6 Å². The van der Waals surface area contributed by atoms with E-state index >= 15 is 0 Å². The first-order valence-corrected chi connectivity index (χ1v) is 5.63. The molecule has 6 heteroatoms. The van der Waals surface area contributed by atoms with Crippen LogP contribution in [-0.2, 0) is 5.88 Å². The highest BCUT2D eigenvalue weighted by molar-refractivity contribution is 6.16. The van der Waals surface area contributed by atoms with E-state index in [-0.39, 0.29) is 6.04 Å². The lowest BCUT2D eigenvalue weighted by molar-refractivity contribution is 0.138. The smallest absolute Gasteiger partial charge is 0.407 e. The molecule has 0 spiro atoms. The first-order valence-electron chi connectivity index (χ1n) is 5.09. The molecular formula is C10H12ClN3O2. The summed E-state index contributed by atoms with van der Waals surface area (Å²) >= 11 is 5.68. The largest absolute Gasteiger partial charge is 0.465 e. The topological polar surface area (TPSA) is 66.3 Å². The monoisotopic (exact) mass is 241 g/mol. The van der Waals surface area contributed by atoms with Crippen LogP contribution < -0.4 is 0 Å². The van der Waals surface area contributed by atoms with E-state index in [4.69, 9.17) is 16.7 Å². The zero-order valence-corrected chi connectivity index (χ0v) is 9.39. The van der Waals surface area contributed by atoms with E-state index in [1.807, 2.05) is 0 Å². The van der Waals surface area contributed by atoms with Crippen LogP contribution in [-0.4, -0.2) is 32.6 Å². The van der Waals surface area contributed by atoms with Crippen LogP contribution in [0, 0.1) is 0 Å². The van der Waals surface area contributed by atoms with E-state index in [0.717, 1.165) is 18.5 Å². The van der Waals surface area contributed by atoms with Gasteiger partial charge in [0.25, 0.3) is 0 Å². The molecular weight excluding hydrogens is 230 g/mol. The molecule has 0 aromatic carbocycles. The normalized spacial score (nSPS) is 20.1. The van der Waals surface area contributed by atoms with Gasteiger partial charge >= 0.3 is 6.09 Å². The maximum Gasteiger partial charge on any atom is 0.407 e. The van der Waals surface area contributed by atoms with Gasteiger partial charge < -0.3 is 5.11 Å². The van der Waals surface area contributed by atoms with Crippen LogP contribution in [0.3, 0.4) is 0 Å². The summed E-state index contributed by atoms with van der Waals surface area (Å²) < 4.78 is 0. The van der Waals surface area contributed by atoms with Gasteiger partial charge in [0.1, 0.15) is 0 Å². The highest BCUT2D eigenvalue weighted by atomic mass is 35.5. The van der Waals surface area contributed by atoms with Gasteiger partial charge in [-0.2, -0.15) is 0 Å². The Balaban J connectivity index is 2.25. The van der Waals surface area contributed by atoms with Crippen molar-refractivity contribution in [1.29, 1.82) is 0 Å². The summed E-state index contributed by atoms with van der Waals surface area (Å²) in [5.41, 5.74) is 0.726. The number of rotatable bonds is 2. The number of halogens is 1. The van der Waals surface area contributed by atoms with Crippen LogP contribution >= 0.6 is 11.6 Å². The Hall–Kier alpha value is -1.36. The molecule has 1 fully saturated rings. The third-order valence-electron chi connectivity index (χ3n) is 2.67. The van der Waals surface area contributed by atoms with E-state index in [1.165, 1.54) is 4.90 Å². The van der Waals surface area contributed by atoms with Crippen molar-refractivity contribution in [2.24, 2.45) is 0 Å². The summed E-state index contributed by atoms with van der Waals surface area (Å²) in [5, 5.41) is 9.02. The Kier molecular flexibility index (Phi) is 3.24. The van der Waals surface area contributed by atoms with Crippen molar-refractivity contribution in [3.63, 3.8) is 0 Å². The van der Waals surface area contributed by atoms with Crippen molar-refractivity contribution >= 4 is 17.7 Å². The molecule has 1 atom stereocenters. The number of alkyl halides is 1. The van der Waals surface area contributed by atoms with Gasteiger partial charge in [0.2, 0.25) is 0 Å². The second-order valence-electron chi connectivity index (χ2n) is 3.67. The van der Waals surface area contributed by atoms with Gasteiger partial charge in [-0.25, -0.2) is 14.8 Å². The standard InChI is InChI=1S/C10H12ClN3O2/c11-6-7-3-4-12-9(13-7)8-2-1-5-14(8)10(15)16/h3-4,8H,1-2,5-6H2,(H,15,16)/t8-/m0/s1. The molecule has 86 valence electrons. The van der Waals surface area contributed by atoms with Gasteiger partial charge in [-0.1, -0.05) is 0 Å². The fourth-order valence-corrected chi connectivity index (χ4v) is 2.06. The molecule has 0 radical (unpaired) electrons. The number of carbonyl (C=O) groups is 1. The molecule has 1 aromatic heterocycles. The van der Waals surface area contributed by atoms with Gasteiger partial charge in [-0.05, 0) is 18.9 Å². The number of aromatic nitrogens is 2. The molecule has 1 N–H and O–H groups in total. The molecule has 5 nitrogen and oxygen atoms in total. The van der Waals surface area contributed by atoms with E-state index in [1.54, 1.807) is 12.3 Å². The van der Waals surface area contributed by atoms with Crippen molar-refractivity contribution < 1.29 is 9.90 Å². The Labute approximate surface area is 98.1 Å². The zero-order chi connectivity index (χ0) is 11.5. The van der Waals surface area contributed by atoms with Gasteiger partial charge in [0, 0.05) is 12.7 Å². The molecule has 0 unspecified atom stereocenters. The lowest BCUT2D eigenvalue weighted by atomic mass is 10.2. The lowest BCUT2D eigenvalue weighted by Gasteiger charge is -2.20. The minimum absolute atomic E-state index is 0.222. The van der Waals surface area contributed by atoms with E-state index in [0.29, 0.717) is 18.2 Å². The number of nitrogens with zero attached hydrogens (tertiary/aromatic N) is 3. The Morgan fingerprint density at radius 3 is 3.19 bits per heavy atom. The Bertz CT molecular complexity index is 399. The maximum atomic E-state index is 11.0. The summed E-state index contributed by atoms with van der Waals surface area (Å²) in [6.45, 7) is 0.550. The molecule has 1 aliphatic heterocycles. The SMILES string of the molecule is O=C(O)N1CCC[C@H]1c1nccc(CCl)n1. The third kappa shape index (κ3) is 2.09. The number of carboxylic acid groups (broad SMARTS) is 1. The highest BCUT2D eigenvalue weighted by Gasteiger charge is 2.31. The molecule has 1 aromatic rings. The van der Waals surface area contributed by atoms with E-state index in [2.05, 4.69) is 9.97 Å². The van der Waals surface area contributed by atoms with Gasteiger partial charge in [-0.15, -0.1) is 11.6 Å². The van der Waals surface area contributed by atoms with Crippen molar-refractivity contribution in [2.45, 2.75) is 24.8 Å². The minimum atomic E-state index is -0.914. The molecule has 1 amide bonds. The van der Waals surface area contributed by atoms with Gasteiger partial charge in [0.15, 0.2) is 5.82 Å². The van der Waals surface area contributed by atoms with Crippen molar-refractivity contribution in [1.82, 2.24) is 14.9 Å². The summed E-state index contributed by atoms with van der Waals surface area (Å²) in [6, 6.07) is 1.51. The van der Waals surface area contributed by atoms with Crippen LogP contribution in [0.1, 0.15) is 30.4 Å². The minimum Gasteiger partial charge on any atom is -0.465 e. The second kappa shape index (κ2) is 4.65. The molecule has 0 bridgehead atoms. The maximum absolute atomic E-state index is 11.0. The molecule has 0 aliphatic carbocycles. The first-order chi connectivity index (χ1) is 7.72. The molecule has 0 saturated carbocycles. The summed E-state index contributed by atoms with van der Waals surface area (Å²) in [4.78, 5) is 20.8. The fraction of sp³-hybridized carbons (Fsp3) is 0.500. The molecule has 2 heterocycles. The predicted molar refractivity (Wildman–Crippen MR) is 58.3 cm³/mol. The number of likely N-dealkylation sites (tertiary alicyclic amines) is 1. The highest BCUT2D eigenvalue weighted by Crippen LogP contribution is 2.29. The van der Waals surface area contributed by atoms with Crippen molar-refractivity contribution in [3.8, 4) is 0 Å². The molecule has 1 saturated heterocycles. The quantitative estimate of drug-likeness (QED) is 0.805. The first kappa shape index (κ1) is 11.1. The second-order valence-corrected chi connectivity index (χ2v) is 3.94. The van der Waals surface area contributed by atoms with Gasteiger partial charge in [-0.3, -0.25) is 4.90 Å². The number of amides is 1. The third-order valence-corrected chi connectivity index (χ3v) is 2.94. The zero-order valence-electron chi connectivity index (χ0n) is 8.64. The van der Waals surface area contributed by atoms with Crippen molar-refractivity contribution in [2.75, 3.05) is 6.54 Å². The Morgan fingerprint density at radius 2 is 2.50 bits per heavy atom. The van der Waals surface area contributed by atoms with Crippen LogP contribution in [0.4, 0.5) is 4.79 Å². The lowest BCUT2D eigenvalue weighted by Crippen LogP contribution is -2.29. The van der Waals surface area contributed by atoms with Crippen LogP contribution in [0.2, 0.25) is 0 Å². The van der Waals surface area contributed by atoms with Crippen LogP contribution in [0.15, 0.2) is 12.3 Å².